The smallest absolute Gasteiger partial charge is 0.338 e. The summed E-state index contributed by atoms with van der Waals surface area (Å²) < 4.78 is 4.76. The van der Waals surface area contributed by atoms with Gasteiger partial charge in [-0.05, 0) is 55.7 Å². The predicted octanol–water partition coefficient (Wildman–Crippen LogP) is 2.52. The van der Waals surface area contributed by atoms with Gasteiger partial charge in [-0.15, -0.1) is 12.4 Å². The van der Waals surface area contributed by atoms with E-state index < -0.39 is 5.97 Å². The Bertz CT molecular complexity index is 618. The van der Waals surface area contributed by atoms with E-state index in [2.05, 4.69) is 5.32 Å². The molecule has 0 radical (unpaired) electrons. The first-order valence-electron chi connectivity index (χ1n) is 7.76. The van der Waals surface area contributed by atoms with E-state index in [1.807, 2.05) is 13.0 Å². The summed E-state index contributed by atoms with van der Waals surface area (Å²) in [7, 11) is 1.35. The number of amides is 1. The van der Waals surface area contributed by atoms with Gasteiger partial charge in [0.25, 0.3) is 0 Å². The third-order valence-electron chi connectivity index (χ3n) is 5.19. The van der Waals surface area contributed by atoms with E-state index in [1.165, 1.54) is 7.11 Å². The molecule has 5 nitrogen and oxygen atoms in total. The average Bonchev–Trinajstić information content (AvgIpc) is 3.09. The Kier molecular flexibility index (Phi) is 5.32. The van der Waals surface area contributed by atoms with Crippen LogP contribution in [0.1, 0.15) is 35.2 Å². The van der Waals surface area contributed by atoms with Gasteiger partial charge in [-0.3, -0.25) is 4.79 Å². The minimum Gasteiger partial charge on any atom is -0.465 e. The zero-order valence-electron chi connectivity index (χ0n) is 13.4. The second-order valence-electron chi connectivity index (χ2n) is 6.45. The predicted molar refractivity (Wildman–Crippen MR) is 90.7 cm³/mol. The van der Waals surface area contributed by atoms with Crippen LogP contribution in [-0.4, -0.2) is 25.0 Å². The van der Waals surface area contributed by atoms with Crippen molar-refractivity contribution in [3.05, 3.63) is 29.3 Å². The van der Waals surface area contributed by atoms with Gasteiger partial charge in [-0.2, -0.15) is 0 Å². The number of esters is 1. The molecule has 2 bridgehead atoms. The van der Waals surface area contributed by atoms with Crippen molar-refractivity contribution in [2.75, 3.05) is 12.4 Å². The third-order valence-corrected chi connectivity index (χ3v) is 5.19. The summed E-state index contributed by atoms with van der Waals surface area (Å²) in [6, 6.07) is 5.24. The van der Waals surface area contributed by atoms with Crippen LogP contribution < -0.4 is 11.1 Å². The molecule has 0 heterocycles. The third kappa shape index (κ3) is 3.21. The summed E-state index contributed by atoms with van der Waals surface area (Å²) in [5, 5.41) is 2.92. The number of benzene rings is 1. The fourth-order valence-electron chi connectivity index (χ4n) is 3.98. The SMILES string of the molecule is COC(=O)c1cc(NC(=O)C2C3CCC(C3)C2N)ccc1C.Cl. The van der Waals surface area contributed by atoms with Crippen LogP contribution in [0.15, 0.2) is 18.2 Å². The van der Waals surface area contributed by atoms with Crippen molar-refractivity contribution >= 4 is 30.0 Å². The highest BCUT2D eigenvalue weighted by Gasteiger charge is 2.49. The van der Waals surface area contributed by atoms with Gasteiger partial charge in [0.15, 0.2) is 0 Å². The van der Waals surface area contributed by atoms with Gasteiger partial charge in [0.2, 0.25) is 5.91 Å². The number of ether oxygens (including phenoxy) is 1. The fraction of sp³-hybridized carbons (Fsp3) is 0.529. The molecule has 2 fully saturated rings. The van der Waals surface area contributed by atoms with Gasteiger partial charge < -0.3 is 15.8 Å². The lowest BCUT2D eigenvalue weighted by atomic mass is 9.84. The molecular formula is C17H23ClN2O3. The monoisotopic (exact) mass is 338 g/mol. The largest absolute Gasteiger partial charge is 0.465 e. The molecule has 2 aliphatic carbocycles. The second-order valence-corrected chi connectivity index (χ2v) is 6.45. The quantitative estimate of drug-likeness (QED) is 0.830. The number of aryl methyl sites for hydroxylation is 1. The van der Waals surface area contributed by atoms with Crippen molar-refractivity contribution in [3.8, 4) is 0 Å². The molecule has 0 aliphatic heterocycles. The summed E-state index contributed by atoms with van der Waals surface area (Å²) in [5.74, 6) is 0.362. The van der Waals surface area contributed by atoms with Crippen molar-refractivity contribution < 1.29 is 14.3 Å². The molecule has 1 aromatic carbocycles. The molecule has 6 heteroatoms. The Morgan fingerprint density at radius 1 is 1.26 bits per heavy atom. The van der Waals surface area contributed by atoms with Crippen LogP contribution in [-0.2, 0) is 9.53 Å². The van der Waals surface area contributed by atoms with Crippen LogP contribution in [0.4, 0.5) is 5.69 Å². The number of nitrogens with one attached hydrogen (secondary N) is 1. The highest BCUT2D eigenvalue weighted by molar-refractivity contribution is 5.96. The molecule has 0 saturated heterocycles. The van der Waals surface area contributed by atoms with Crippen molar-refractivity contribution in [2.24, 2.45) is 23.5 Å². The number of halogens is 1. The zero-order valence-corrected chi connectivity index (χ0v) is 14.2. The Labute approximate surface area is 142 Å². The molecule has 2 aliphatic rings. The number of hydrogen-bond acceptors (Lipinski definition) is 4. The van der Waals surface area contributed by atoms with Crippen LogP contribution in [0, 0.1) is 24.7 Å². The van der Waals surface area contributed by atoms with Gasteiger partial charge >= 0.3 is 5.97 Å². The number of hydrogen-bond donors (Lipinski definition) is 2. The maximum Gasteiger partial charge on any atom is 0.338 e. The van der Waals surface area contributed by atoms with Crippen LogP contribution in [0.3, 0.4) is 0 Å². The van der Waals surface area contributed by atoms with E-state index in [0.717, 1.165) is 24.8 Å². The zero-order chi connectivity index (χ0) is 15.9. The molecular weight excluding hydrogens is 316 g/mol. The average molecular weight is 339 g/mol. The highest BCUT2D eigenvalue weighted by Crippen LogP contribution is 2.47. The van der Waals surface area contributed by atoms with Crippen LogP contribution >= 0.6 is 12.4 Å². The summed E-state index contributed by atoms with van der Waals surface area (Å²) in [6.07, 6.45) is 3.31. The Morgan fingerprint density at radius 2 is 1.96 bits per heavy atom. The molecule has 4 atom stereocenters. The molecule has 1 aromatic rings. The number of carbonyl (C=O) groups excluding carboxylic acids is 2. The normalized spacial score (nSPS) is 28.1. The first kappa shape index (κ1) is 17.8. The summed E-state index contributed by atoms with van der Waals surface area (Å²) in [5.41, 5.74) is 8.11. The van der Waals surface area contributed by atoms with E-state index in [-0.39, 0.29) is 30.3 Å². The summed E-state index contributed by atoms with van der Waals surface area (Å²) in [4.78, 5) is 24.3. The van der Waals surface area contributed by atoms with E-state index in [1.54, 1.807) is 12.1 Å². The van der Waals surface area contributed by atoms with E-state index in [9.17, 15) is 9.59 Å². The second kappa shape index (κ2) is 6.89. The van der Waals surface area contributed by atoms with Gasteiger partial charge in [-0.1, -0.05) is 6.07 Å². The molecule has 23 heavy (non-hydrogen) atoms. The number of fused-ring (bicyclic) bond motifs is 2. The Hall–Kier alpha value is -1.59. The molecule has 0 aromatic heterocycles. The lowest BCUT2D eigenvalue weighted by Crippen LogP contribution is -2.42. The van der Waals surface area contributed by atoms with Crippen LogP contribution in [0.5, 0.6) is 0 Å². The molecule has 1 amide bonds. The lowest BCUT2D eigenvalue weighted by Gasteiger charge is -2.27. The number of rotatable bonds is 3. The molecule has 2 saturated carbocycles. The van der Waals surface area contributed by atoms with Crippen LogP contribution in [0.2, 0.25) is 0 Å². The summed E-state index contributed by atoms with van der Waals surface area (Å²) >= 11 is 0. The number of carbonyl (C=O) groups is 2. The number of anilines is 1. The Balaban J connectivity index is 0.00000192. The minimum atomic E-state index is -0.398. The maximum absolute atomic E-state index is 12.5. The maximum atomic E-state index is 12.5. The molecule has 3 rings (SSSR count). The molecule has 4 unspecified atom stereocenters. The number of methoxy groups -OCH3 is 1. The van der Waals surface area contributed by atoms with Crippen molar-refractivity contribution in [2.45, 2.75) is 32.2 Å². The molecule has 126 valence electrons. The van der Waals surface area contributed by atoms with Crippen LogP contribution in [0.25, 0.3) is 0 Å². The number of nitrogens with two attached hydrogens (primary N) is 1. The van der Waals surface area contributed by atoms with Crippen molar-refractivity contribution in [1.82, 2.24) is 0 Å². The van der Waals surface area contributed by atoms with Gasteiger partial charge in [0.05, 0.1) is 18.6 Å². The lowest BCUT2D eigenvalue weighted by molar-refractivity contribution is -0.121. The molecule has 3 N–H and O–H groups in total. The molecule has 0 spiro atoms. The van der Waals surface area contributed by atoms with Gasteiger partial charge in [-0.25, -0.2) is 4.79 Å². The van der Waals surface area contributed by atoms with E-state index >= 15 is 0 Å². The minimum absolute atomic E-state index is 0. The van der Waals surface area contributed by atoms with E-state index in [4.69, 9.17) is 10.5 Å². The topological polar surface area (TPSA) is 81.4 Å². The van der Waals surface area contributed by atoms with Crippen molar-refractivity contribution in [3.63, 3.8) is 0 Å². The van der Waals surface area contributed by atoms with Crippen molar-refractivity contribution in [1.29, 1.82) is 0 Å². The summed E-state index contributed by atoms with van der Waals surface area (Å²) in [6.45, 7) is 1.84. The Morgan fingerprint density at radius 3 is 2.57 bits per heavy atom. The first-order chi connectivity index (χ1) is 10.5. The first-order valence-corrected chi connectivity index (χ1v) is 7.76. The standard InChI is InChI=1S/C17H22N2O3.ClH/c1-9-3-6-12(8-13(9)17(21)22-2)19-16(20)14-10-4-5-11(7-10)15(14)18;/h3,6,8,10-11,14-15H,4-5,7,18H2,1-2H3,(H,19,20);1H. The van der Waals surface area contributed by atoms with Gasteiger partial charge in [0, 0.05) is 11.7 Å². The highest BCUT2D eigenvalue weighted by atomic mass is 35.5. The van der Waals surface area contributed by atoms with E-state index in [0.29, 0.717) is 23.1 Å². The fourth-order valence-corrected chi connectivity index (χ4v) is 3.98. The van der Waals surface area contributed by atoms with Gasteiger partial charge in [0.1, 0.15) is 0 Å².